The van der Waals surface area contributed by atoms with E-state index in [0.717, 1.165) is 28.5 Å². The first-order valence-electron chi connectivity index (χ1n) is 7.01. The standard InChI is InChI=1S/C15H23N3S/c1-4-5-12(3)16-8-9-19-15-17-13-7-6-11(2)10-14(13)18-15/h6-7,10,12,16H,4-5,8-9H2,1-3H3,(H,17,18). The van der Waals surface area contributed by atoms with Crippen molar-refractivity contribution in [3.63, 3.8) is 0 Å². The van der Waals surface area contributed by atoms with Crippen molar-refractivity contribution in [3.05, 3.63) is 23.8 Å². The average molecular weight is 277 g/mol. The number of imidazole rings is 1. The number of rotatable bonds is 7. The fraction of sp³-hybridized carbons (Fsp3) is 0.533. The Morgan fingerprint density at radius 1 is 1.42 bits per heavy atom. The highest BCUT2D eigenvalue weighted by Crippen LogP contribution is 2.19. The Hall–Kier alpha value is -1.00. The van der Waals surface area contributed by atoms with Crippen LogP contribution in [0.2, 0.25) is 0 Å². The smallest absolute Gasteiger partial charge is 0.166 e. The number of nitrogens with zero attached hydrogens (tertiary/aromatic N) is 1. The normalized spacial score (nSPS) is 13.0. The van der Waals surface area contributed by atoms with Gasteiger partial charge in [0.05, 0.1) is 11.0 Å². The number of aromatic nitrogens is 2. The Morgan fingerprint density at radius 3 is 3.05 bits per heavy atom. The van der Waals surface area contributed by atoms with Gasteiger partial charge in [-0.25, -0.2) is 4.98 Å². The van der Waals surface area contributed by atoms with Crippen LogP contribution in [0, 0.1) is 6.92 Å². The molecule has 0 radical (unpaired) electrons. The van der Waals surface area contributed by atoms with Crippen molar-refractivity contribution < 1.29 is 0 Å². The minimum atomic E-state index is 0.615. The first kappa shape index (κ1) is 14.4. The number of nitrogens with one attached hydrogen (secondary N) is 2. The summed E-state index contributed by atoms with van der Waals surface area (Å²) in [5, 5.41) is 4.55. The lowest BCUT2D eigenvalue weighted by molar-refractivity contribution is 0.526. The number of hydrogen-bond acceptors (Lipinski definition) is 3. The number of benzene rings is 1. The molecular weight excluding hydrogens is 254 g/mol. The summed E-state index contributed by atoms with van der Waals surface area (Å²) < 4.78 is 0. The molecule has 19 heavy (non-hydrogen) atoms. The molecule has 104 valence electrons. The number of H-pyrrole nitrogens is 1. The predicted octanol–water partition coefficient (Wildman–Crippen LogP) is 3.74. The van der Waals surface area contributed by atoms with Gasteiger partial charge in [0.1, 0.15) is 0 Å². The van der Waals surface area contributed by atoms with Gasteiger partial charge in [0, 0.05) is 18.3 Å². The fourth-order valence-electron chi connectivity index (χ4n) is 2.16. The van der Waals surface area contributed by atoms with Crippen LogP contribution in [0.5, 0.6) is 0 Å². The highest BCUT2D eigenvalue weighted by atomic mass is 32.2. The predicted molar refractivity (Wildman–Crippen MR) is 83.9 cm³/mol. The lowest BCUT2D eigenvalue weighted by Gasteiger charge is -2.11. The summed E-state index contributed by atoms with van der Waals surface area (Å²) in [6.07, 6.45) is 2.48. The summed E-state index contributed by atoms with van der Waals surface area (Å²) in [5.41, 5.74) is 3.46. The van der Waals surface area contributed by atoms with Crippen LogP contribution >= 0.6 is 11.8 Å². The average Bonchev–Trinajstić information content (AvgIpc) is 2.77. The van der Waals surface area contributed by atoms with Gasteiger partial charge in [-0.05, 0) is 38.0 Å². The Balaban J connectivity index is 1.81. The molecule has 1 aromatic heterocycles. The lowest BCUT2D eigenvalue weighted by Crippen LogP contribution is -2.27. The minimum Gasteiger partial charge on any atom is -0.333 e. The molecule has 0 saturated carbocycles. The van der Waals surface area contributed by atoms with Crippen LogP contribution in [0.1, 0.15) is 32.3 Å². The first-order valence-corrected chi connectivity index (χ1v) is 8.00. The highest BCUT2D eigenvalue weighted by molar-refractivity contribution is 7.99. The molecule has 0 fully saturated rings. The van der Waals surface area contributed by atoms with Crippen LogP contribution in [0.3, 0.4) is 0 Å². The molecule has 1 heterocycles. The maximum absolute atomic E-state index is 4.59. The molecule has 2 N–H and O–H groups in total. The Morgan fingerprint density at radius 2 is 2.26 bits per heavy atom. The first-order chi connectivity index (χ1) is 9.19. The highest BCUT2D eigenvalue weighted by Gasteiger charge is 2.04. The quantitative estimate of drug-likeness (QED) is 0.598. The monoisotopic (exact) mass is 277 g/mol. The second kappa shape index (κ2) is 6.96. The zero-order valence-electron chi connectivity index (χ0n) is 12.0. The Bertz CT molecular complexity index is 521. The van der Waals surface area contributed by atoms with Gasteiger partial charge in [-0.15, -0.1) is 0 Å². The summed E-state index contributed by atoms with van der Waals surface area (Å²) in [6, 6.07) is 6.94. The van der Waals surface area contributed by atoms with E-state index in [1.807, 2.05) is 0 Å². The molecule has 2 aromatic rings. The Kier molecular flexibility index (Phi) is 5.28. The third-order valence-electron chi connectivity index (χ3n) is 3.17. The molecular formula is C15H23N3S. The van der Waals surface area contributed by atoms with E-state index in [9.17, 15) is 0 Å². The topological polar surface area (TPSA) is 40.7 Å². The van der Waals surface area contributed by atoms with E-state index >= 15 is 0 Å². The number of aryl methyl sites for hydroxylation is 1. The van der Waals surface area contributed by atoms with Gasteiger partial charge in [-0.3, -0.25) is 0 Å². The summed E-state index contributed by atoms with van der Waals surface area (Å²) in [4.78, 5) is 7.96. The molecule has 3 nitrogen and oxygen atoms in total. The van der Waals surface area contributed by atoms with Gasteiger partial charge in [-0.1, -0.05) is 31.2 Å². The summed E-state index contributed by atoms with van der Waals surface area (Å²) in [7, 11) is 0. The van der Waals surface area contributed by atoms with E-state index in [4.69, 9.17) is 0 Å². The fourth-order valence-corrected chi connectivity index (χ4v) is 2.91. The van der Waals surface area contributed by atoms with Gasteiger partial charge in [0.15, 0.2) is 5.16 Å². The van der Waals surface area contributed by atoms with Crippen LogP contribution < -0.4 is 5.32 Å². The molecule has 0 aliphatic carbocycles. The van der Waals surface area contributed by atoms with E-state index < -0.39 is 0 Å². The van der Waals surface area contributed by atoms with Gasteiger partial charge in [-0.2, -0.15) is 0 Å². The molecule has 0 aliphatic heterocycles. The zero-order chi connectivity index (χ0) is 13.7. The lowest BCUT2D eigenvalue weighted by atomic mass is 10.2. The second-order valence-corrected chi connectivity index (χ2v) is 6.14. The third-order valence-corrected chi connectivity index (χ3v) is 4.05. The number of aromatic amines is 1. The van der Waals surface area contributed by atoms with E-state index in [1.54, 1.807) is 11.8 Å². The van der Waals surface area contributed by atoms with Crippen LogP contribution in [-0.4, -0.2) is 28.3 Å². The third kappa shape index (κ3) is 4.25. The molecule has 0 spiro atoms. The summed E-state index contributed by atoms with van der Waals surface area (Å²) in [5.74, 6) is 1.05. The van der Waals surface area contributed by atoms with Crippen molar-refractivity contribution in [2.75, 3.05) is 12.3 Å². The molecule has 1 unspecified atom stereocenters. The second-order valence-electron chi connectivity index (χ2n) is 5.05. The van der Waals surface area contributed by atoms with Crippen molar-refractivity contribution in [1.29, 1.82) is 0 Å². The van der Waals surface area contributed by atoms with Gasteiger partial charge in [0.2, 0.25) is 0 Å². The van der Waals surface area contributed by atoms with Crippen LogP contribution in [0.4, 0.5) is 0 Å². The van der Waals surface area contributed by atoms with E-state index in [1.165, 1.54) is 18.4 Å². The van der Waals surface area contributed by atoms with E-state index in [2.05, 4.69) is 54.3 Å². The van der Waals surface area contributed by atoms with Crippen LogP contribution in [-0.2, 0) is 0 Å². The molecule has 0 aliphatic rings. The molecule has 0 amide bonds. The van der Waals surface area contributed by atoms with Gasteiger partial charge < -0.3 is 10.3 Å². The van der Waals surface area contributed by atoms with Crippen molar-refractivity contribution in [2.45, 2.75) is 44.8 Å². The van der Waals surface area contributed by atoms with Crippen molar-refractivity contribution >= 4 is 22.8 Å². The number of hydrogen-bond donors (Lipinski definition) is 2. The SMILES string of the molecule is CCCC(C)NCCSc1nc2ccc(C)cc2[nH]1. The minimum absolute atomic E-state index is 0.615. The van der Waals surface area contributed by atoms with Gasteiger partial charge >= 0.3 is 0 Å². The van der Waals surface area contributed by atoms with E-state index in [0.29, 0.717) is 6.04 Å². The number of thioether (sulfide) groups is 1. The molecule has 1 atom stereocenters. The largest absolute Gasteiger partial charge is 0.333 e. The zero-order valence-corrected chi connectivity index (χ0v) is 12.8. The van der Waals surface area contributed by atoms with Gasteiger partial charge in [0.25, 0.3) is 0 Å². The molecule has 4 heteroatoms. The van der Waals surface area contributed by atoms with Crippen molar-refractivity contribution in [2.24, 2.45) is 0 Å². The van der Waals surface area contributed by atoms with Crippen molar-refractivity contribution in [3.8, 4) is 0 Å². The molecule has 0 bridgehead atoms. The molecule has 1 aromatic carbocycles. The maximum Gasteiger partial charge on any atom is 0.166 e. The van der Waals surface area contributed by atoms with Crippen LogP contribution in [0.15, 0.2) is 23.4 Å². The summed E-state index contributed by atoms with van der Waals surface area (Å²) in [6.45, 7) is 7.61. The maximum atomic E-state index is 4.59. The van der Waals surface area contributed by atoms with Crippen LogP contribution in [0.25, 0.3) is 11.0 Å². The van der Waals surface area contributed by atoms with Crippen molar-refractivity contribution in [1.82, 2.24) is 15.3 Å². The Labute approximate surface area is 119 Å². The summed E-state index contributed by atoms with van der Waals surface area (Å²) >= 11 is 1.78. The molecule has 0 saturated heterocycles. The van der Waals surface area contributed by atoms with E-state index in [-0.39, 0.29) is 0 Å². The molecule has 2 rings (SSSR count). The number of fused-ring (bicyclic) bond motifs is 1.